The quantitative estimate of drug-likeness (QED) is 0.348. The van der Waals surface area contributed by atoms with E-state index in [1.165, 1.54) is 6.20 Å². The van der Waals surface area contributed by atoms with Crippen LogP contribution in [0.3, 0.4) is 0 Å². The third-order valence-corrected chi connectivity index (χ3v) is 2.63. The van der Waals surface area contributed by atoms with E-state index in [9.17, 15) is 15.0 Å². The van der Waals surface area contributed by atoms with Crippen LogP contribution in [0.4, 0.5) is 0 Å². The molecule has 1 aromatic rings. The molecule has 1 unspecified atom stereocenters. The molecule has 7 N–H and O–H groups in total. The van der Waals surface area contributed by atoms with Gasteiger partial charge < -0.3 is 36.4 Å². The average molecular weight is 274 g/mol. The number of amides is 1. The zero-order chi connectivity index (χ0) is 14.2. The number of ether oxygens (including phenoxy) is 1. The number of imidazole rings is 1. The molecule has 1 aliphatic heterocycles. The lowest BCUT2D eigenvalue weighted by atomic mass is 10.1. The van der Waals surface area contributed by atoms with Crippen molar-refractivity contribution in [2.24, 2.45) is 11.5 Å². The molecule has 0 saturated carbocycles. The van der Waals surface area contributed by atoms with Crippen LogP contribution in [0.2, 0.25) is 0 Å². The van der Waals surface area contributed by atoms with E-state index in [-0.39, 0.29) is 5.69 Å². The van der Waals surface area contributed by atoms with E-state index in [2.05, 4.69) is 4.98 Å². The van der Waals surface area contributed by atoms with Gasteiger partial charge in [-0.1, -0.05) is 0 Å². The molecule has 2 heterocycles. The predicted molar refractivity (Wildman–Crippen MR) is 58.2 cm³/mol. The van der Waals surface area contributed by atoms with Gasteiger partial charge in [0, 0.05) is 0 Å². The summed E-state index contributed by atoms with van der Waals surface area (Å²) in [6, 6.07) is 0. The molecular formula is C9H14N4O6. The lowest BCUT2D eigenvalue weighted by Gasteiger charge is -2.16. The van der Waals surface area contributed by atoms with Crippen molar-refractivity contribution in [2.75, 3.05) is 0 Å². The number of aromatic nitrogens is 2. The van der Waals surface area contributed by atoms with Crippen LogP contribution < -0.4 is 16.3 Å². The average Bonchev–Trinajstić information content (AvgIpc) is 2.90. The van der Waals surface area contributed by atoms with Gasteiger partial charge in [-0.15, -0.1) is 0 Å². The Bertz CT molecular complexity index is 463. The summed E-state index contributed by atoms with van der Waals surface area (Å²) in [5, 5.41) is 28.4. The summed E-state index contributed by atoms with van der Waals surface area (Å²) >= 11 is 0. The Balaban J connectivity index is 2.04. The lowest BCUT2D eigenvalue weighted by molar-refractivity contribution is -0.179. The van der Waals surface area contributed by atoms with E-state index < -0.39 is 36.7 Å². The van der Waals surface area contributed by atoms with Crippen LogP contribution in [-0.2, 0) is 4.74 Å². The number of nitrogens with two attached hydrogens (primary N) is 2. The Hall–Kier alpha value is -1.72. The van der Waals surface area contributed by atoms with Crippen molar-refractivity contribution in [3.05, 3.63) is 18.2 Å². The van der Waals surface area contributed by atoms with Gasteiger partial charge in [0.1, 0.15) is 36.6 Å². The molecule has 10 nitrogen and oxygen atoms in total. The number of aliphatic hydroxyl groups is 3. The molecule has 2 rings (SSSR count). The first-order valence-electron chi connectivity index (χ1n) is 5.36. The molecule has 106 valence electrons. The lowest BCUT2D eigenvalue weighted by Crippen LogP contribution is -2.43. The van der Waals surface area contributed by atoms with Gasteiger partial charge in [0.25, 0.3) is 12.2 Å². The number of primary amides is 1. The zero-order valence-electron chi connectivity index (χ0n) is 9.66. The first-order chi connectivity index (χ1) is 8.90. The summed E-state index contributed by atoms with van der Waals surface area (Å²) in [6.45, 7) is 0. The summed E-state index contributed by atoms with van der Waals surface area (Å²) in [6.07, 6.45) is -4.42. The van der Waals surface area contributed by atoms with Crippen LogP contribution in [0.1, 0.15) is 10.5 Å². The normalized spacial score (nSPS) is 32.2. The van der Waals surface area contributed by atoms with E-state index in [0.29, 0.717) is 0 Å². The van der Waals surface area contributed by atoms with E-state index in [1.54, 1.807) is 0 Å². The number of rotatable bonds is 4. The summed E-state index contributed by atoms with van der Waals surface area (Å²) in [5.41, 5.74) is 10.1. The van der Waals surface area contributed by atoms with Gasteiger partial charge in [-0.2, -0.15) is 4.73 Å². The first kappa shape index (κ1) is 13.7. The van der Waals surface area contributed by atoms with Crippen LogP contribution in [0.15, 0.2) is 12.5 Å². The number of hydrogen-bond donors (Lipinski definition) is 5. The fourth-order valence-corrected chi connectivity index (χ4v) is 1.65. The third kappa shape index (κ3) is 2.67. The molecule has 1 aromatic heterocycles. The zero-order valence-corrected chi connectivity index (χ0v) is 9.66. The van der Waals surface area contributed by atoms with Crippen molar-refractivity contribution in [1.82, 2.24) is 9.71 Å². The van der Waals surface area contributed by atoms with Gasteiger partial charge in [0.15, 0.2) is 0 Å². The van der Waals surface area contributed by atoms with Gasteiger partial charge in [-0.3, -0.25) is 4.79 Å². The Labute approximate surface area is 107 Å². The minimum atomic E-state index is -1.47. The minimum absolute atomic E-state index is 0.0385. The number of carbonyl (C=O) groups is 1. The van der Waals surface area contributed by atoms with Crippen molar-refractivity contribution >= 4 is 5.91 Å². The molecule has 1 amide bonds. The maximum absolute atomic E-state index is 10.8. The van der Waals surface area contributed by atoms with Crippen LogP contribution >= 0.6 is 0 Å². The molecule has 1 aliphatic rings. The van der Waals surface area contributed by atoms with Gasteiger partial charge in [-0.05, 0) is 0 Å². The first-order valence-corrected chi connectivity index (χ1v) is 5.36. The van der Waals surface area contributed by atoms with Gasteiger partial charge >= 0.3 is 0 Å². The van der Waals surface area contributed by atoms with E-state index in [4.69, 9.17) is 26.1 Å². The summed E-state index contributed by atoms with van der Waals surface area (Å²) in [4.78, 5) is 19.6. The smallest absolute Gasteiger partial charge is 0.269 e. The molecule has 0 bridgehead atoms. The van der Waals surface area contributed by atoms with E-state index >= 15 is 0 Å². The molecule has 5 atom stereocenters. The maximum Gasteiger partial charge on any atom is 0.269 e. The molecular weight excluding hydrogens is 260 g/mol. The molecule has 0 aliphatic carbocycles. The van der Waals surface area contributed by atoms with E-state index in [1.807, 2.05) is 0 Å². The minimum Gasteiger partial charge on any atom is -0.387 e. The van der Waals surface area contributed by atoms with Crippen molar-refractivity contribution in [3.8, 4) is 0 Å². The van der Waals surface area contributed by atoms with Crippen molar-refractivity contribution in [3.63, 3.8) is 0 Å². The highest BCUT2D eigenvalue weighted by atomic mass is 16.8. The van der Waals surface area contributed by atoms with Crippen LogP contribution in [-0.4, -0.2) is 61.8 Å². The number of hydrogen-bond acceptors (Lipinski definition) is 8. The standard InChI is InChI=1S/C9H14N4O6/c10-7(16)3-1-13(2-12-3)19-9-5(15)4(14)6(18-9)8(11)17/h1-2,4-6,8-9,14-15,17H,11H2,(H2,10,16)/t4-,5+,6-,8?,9-/m0/s1. The third-order valence-electron chi connectivity index (χ3n) is 2.63. The number of aliphatic hydroxyl groups excluding tert-OH is 3. The Morgan fingerprint density at radius 2 is 2.21 bits per heavy atom. The molecule has 1 saturated heterocycles. The molecule has 0 aromatic carbocycles. The fourth-order valence-electron chi connectivity index (χ4n) is 1.65. The van der Waals surface area contributed by atoms with Gasteiger partial charge in [0.2, 0.25) is 0 Å². The van der Waals surface area contributed by atoms with E-state index in [0.717, 1.165) is 11.1 Å². The van der Waals surface area contributed by atoms with Crippen LogP contribution in [0.5, 0.6) is 0 Å². The topological polar surface area (TPSA) is 166 Å². The second kappa shape index (κ2) is 5.11. The highest BCUT2D eigenvalue weighted by Gasteiger charge is 2.47. The maximum atomic E-state index is 10.8. The largest absolute Gasteiger partial charge is 0.387 e. The number of carbonyl (C=O) groups excluding carboxylic acids is 1. The second-order valence-electron chi connectivity index (χ2n) is 4.03. The summed E-state index contributed by atoms with van der Waals surface area (Å²) in [7, 11) is 0. The Kier molecular flexibility index (Phi) is 3.68. The van der Waals surface area contributed by atoms with Gasteiger partial charge in [-0.25, -0.2) is 4.98 Å². The molecule has 0 radical (unpaired) electrons. The van der Waals surface area contributed by atoms with Gasteiger partial charge in [0.05, 0.1) is 6.20 Å². The van der Waals surface area contributed by atoms with Crippen LogP contribution in [0.25, 0.3) is 0 Å². The molecule has 19 heavy (non-hydrogen) atoms. The molecule has 0 spiro atoms. The predicted octanol–water partition coefficient (Wildman–Crippen LogP) is -3.87. The van der Waals surface area contributed by atoms with Crippen molar-refractivity contribution in [2.45, 2.75) is 30.8 Å². The molecule has 10 heteroatoms. The Morgan fingerprint density at radius 3 is 2.68 bits per heavy atom. The SMILES string of the molecule is NC(=O)c1cn(O[C@@H]2O[C@H](C(N)O)[C@@H](O)[C@H]2O)cn1. The highest BCUT2D eigenvalue weighted by molar-refractivity contribution is 5.90. The highest BCUT2D eigenvalue weighted by Crippen LogP contribution is 2.21. The van der Waals surface area contributed by atoms with Crippen LogP contribution in [0, 0.1) is 0 Å². The second-order valence-corrected chi connectivity index (χ2v) is 4.03. The van der Waals surface area contributed by atoms with Crippen molar-refractivity contribution in [1.29, 1.82) is 0 Å². The van der Waals surface area contributed by atoms with Crippen molar-refractivity contribution < 1.29 is 29.7 Å². The molecule has 1 fully saturated rings. The fraction of sp³-hybridized carbons (Fsp3) is 0.556. The summed E-state index contributed by atoms with van der Waals surface area (Å²) < 4.78 is 6.05. The monoisotopic (exact) mass is 274 g/mol. The summed E-state index contributed by atoms with van der Waals surface area (Å²) in [5.74, 6) is -0.745. The Morgan fingerprint density at radius 1 is 1.53 bits per heavy atom. The number of nitrogens with zero attached hydrogens (tertiary/aromatic N) is 2.